The minimum atomic E-state index is -4.27. The van der Waals surface area contributed by atoms with Crippen LogP contribution in [0.3, 0.4) is 0 Å². The van der Waals surface area contributed by atoms with Gasteiger partial charge in [-0.25, -0.2) is 8.42 Å². The number of ketones is 1. The number of hydrogen-bond donors (Lipinski definition) is 2. The molecule has 2 atom stereocenters. The monoisotopic (exact) mass is 451 g/mol. The van der Waals surface area contributed by atoms with E-state index < -0.39 is 28.1 Å². The van der Waals surface area contributed by atoms with Crippen LogP contribution in [0.15, 0.2) is 77.7 Å². The fourth-order valence-corrected chi connectivity index (χ4v) is 4.94. The minimum absolute atomic E-state index is 0.0180. The van der Waals surface area contributed by atoms with E-state index in [0.29, 0.717) is 16.7 Å². The van der Waals surface area contributed by atoms with E-state index in [2.05, 4.69) is 4.72 Å². The zero-order valence-electron chi connectivity index (χ0n) is 17.2. The zero-order valence-corrected chi connectivity index (χ0v) is 18.0. The van der Waals surface area contributed by atoms with Crippen LogP contribution in [0.4, 0.5) is 0 Å². The summed E-state index contributed by atoms with van der Waals surface area (Å²) in [6.45, 7) is 1.60. The molecule has 0 aliphatic heterocycles. The van der Waals surface area contributed by atoms with Crippen LogP contribution in [-0.2, 0) is 19.6 Å². The highest BCUT2D eigenvalue weighted by Gasteiger charge is 2.35. The second-order valence-electron chi connectivity index (χ2n) is 7.29. The van der Waals surface area contributed by atoms with E-state index in [4.69, 9.17) is 4.74 Å². The molecule has 3 aromatic rings. The largest absolute Gasteiger partial charge is 0.465 e. The lowest BCUT2D eigenvalue weighted by molar-refractivity contribution is -0.148. The van der Waals surface area contributed by atoms with Gasteiger partial charge in [0.1, 0.15) is 12.1 Å². The third kappa shape index (κ3) is 3.95. The fourth-order valence-electron chi connectivity index (χ4n) is 3.73. The number of fused-ring (bicyclic) bond motifs is 3. The summed E-state index contributed by atoms with van der Waals surface area (Å²) in [5, 5.41) is 10.7. The lowest BCUT2D eigenvalue weighted by atomic mass is 10.0. The average molecular weight is 452 g/mol. The van der Waals surface area contributed by atoms with Crippen LogP contribution in [0.5, 0.6) is 0 Å². The molecule has 0 bridgehead atoms. The summed E-state index contributed by atoms with van der Waals surface area (Å²) in [6.07, 6.45) is -1.47. The molecule has 0 amide bonds. The molecule has 0 saturated carbocycles. The predicted octanol–water partition coefficient (Wildman–Crippen LogP) is 2.84. The Morgan fingerprint density at radius 3 is 2.25 bits per heavy atom. The van der Waals surface area contributed by atoms with Crippen molar-refractivity contribution in [2.75, 3.05) is 6.61 Å². The topological polar surface area (TPSA) is 110 Å². The van der Waals surface area contributed by atoms with Gasteiger partial charge in [0.25, 0.3) is 0 Å². The maximum absolute atomic E-state index is 13.1. The van der Waals surface area contributed by atoms with Crippen molar-refractivity contribution >= 4 is 21.8 Å². The molecule has 0 heterocycles. The molecule has 0 aromatic heterocycles. The Balaban J connectivity index is 1.68. The molecule has 32 heavy (non-hydrogen) atoms. The van der Waals surface area contributed by atoms with Crippen molar-refractivity contribution in [3.8, 4) is 11.1 Å². The number of sulfonamides is 1. The van der Waals surface area contributed by atoms with Gasteiger partial charge in [-0.3, -0.25) is 9.59 Å². The lowest BCUT2D eigenvalue weighted by Crippen LogP contribution is -2.45. The van der Waals surface area contributed by atoms with Gasteiger partial charge in [0.05, 0.1) is 11.5 Å². The molecule has 1 aliphatic carbocycles. The first-order valence-electron chi connectivity index (χ1n) is 10.0. The van der Waals surface area contributed by atoms with E-state index in [1.807, 2.05) is 6.07 Å². The summed E-state index contributed by atoms with van der Waals surface area (Å²) in [7, 11) is -4.27. The highest BCUT2D eigenvalue weighted by molar-refractivity contribution is 7.89. The van der Waals surface area contributed by atoms with Crippen molar-refractivity contribution in [2.45, 2.75) is 24.0 Å². The number of aliphatic hydroxyl groups is 1. The average Bonchev–Trinajstić information content (AvgIpc) is 3.09. The Hall–Kier alpha value is -3.33. The van der Waals surface area contributed by atoms with E-state index in [-0.39, 0.29) is 22.8 Å². The molecule has 4 rings (SSSR count). The first-order valence-corrected chi connectivity index (χ1v) is 11.5. The molecule has 3 aromatic carbocycles. The Morgan fingerprint density at radius 2 is 1.56 bits per heavy atom. The van der Waals surface area contributed by atoms with Crippen LogP contribution in [0.1, 0.15) is 34.5 Å². The van der Waals surface area contributed by atoms with Crippen LogP contribution in [-0.4, -0.2) is 37.9 Å². The number of nitrogens with one attached hydrogen (secondary N) is 1. The molecule has 2 N–H and O–H groups in total. The summed E-state index contributed by atoms with van der Waals surface area (Å²) in [5.41, 5.74) is 2.52. The van der Waals surface area contributed by atoms with Gasteiger partial charge in [-0.2, -0.15) is 4.72 Å². The zero-order chi connectivity index (χ0) is 22.9. The van der Waals surface area contributed by atoms with Crippen molar-refractivity contribution in [1.82, 2.24) is 4.72 Å². The van der Waals surface area contributed by atoms with Crippen molar-refractivity contribution in [3.05, 3.63) is 89.5 Å². The summed E-state index contributed by atoms with van der Waals surface area (Å²) >= 11 is 0. The predicted molar refractivity (Wildman–Crippen MR) is 117 cm³/mol. The van der Waals surface area contributed by atoms with Gasteiger partial charge in [0, 0.05) is 11.1 Å². The number of ether oxygens (including phenoxy) is 1. The van der Waals surface area contributed by atoms with Crippen LogP contribution in [0.25, 0.3) is 11.1 Å². The number of carbonyl (C=O) groups excluding carboxylic acids is 2. The van der Waals surface area contributed by atoms with Crippen LogP contribution < -0.4 is 4.72 Å². The molecule has 0 fully saturated rings. The van der Waals surface area contributed by atoms with Gasteiger partial charge in [-0.1, -0.05) is 60.7 Å². The first kappa shape index (κ1) is 21.9. The van der Waals surface area contributed by atoms with Crippen LogP contribution in [0.2, 0.25) is 0 Å². The molecule has 7 nitrogen and oxygen atoms in total. The first-order chi connectivity index (χ1) is 15.3. The smallest absolute Gasteiger partial charge is 0.327 e. The molecule has 0 radical (unpaired) electrons. The van der Waals surface area contributed by atoms with Gasteiger partial charge < -0.3 is 9.84 Å². The Labute approximate surface area is 185 Å². The van der Waals surface area contributed by atoms with Gasteiger partial charge in [0.15, 0.2) is 5.78 Å². The number of esters is 1. The van der Waals surface area contributed by atoms with Crippen molar-refractivity contribution < 1.29 is 27.9 Å². The van der Waals surface area contributed by atoms with Gasteiger partial charge in [-0.05, 0) is 35.7 Å². The van der Waals surface area contributed by atoms with Gasteiger partial charge >= 0.3 is 5.97 Å². The van der Waals surface area contributed by atoms with Crippen molar-refractivity contribution in [1.29, 1.82) is 0 Å². The molecule has 8 heteroatoms. The van der Waals surface area contributed by atoms with E-state index in [0.717, 1.165) is 5.56 Å². The quantitative estimate of drug-likeness (QED) is 0.418. The third-order valence-corrected chi connectivity index (χ3v) is 6.73. The Bertz CT molecular complexity index is 1290. The van der Waals surface area contributed by atoms with Gasteiger partial charge in [0.2, 0.25) is 10.0 Å². The molecular formula is C24H21NO6S. The van der Waals surface area contributed by atoms with Crippen LogP contribution in [0, 0.1) is 0 Å². The molecular weight excluding hydrogens is 430 g/mol. The summed E-state index contributed by atoms with van der Waals surface area (Å²) in [5.74, 6) is -1.17. The van der Waals surface area contributed by atoms with Gasteiger partial charge in [-0.15, -0.1) is 0 Å². The second kappa shape index (κ2) is 8.66. The normalized spacial score (nSPS) is 14.4. The number of hydrogen-bond acceptors (Lipinski definition) is 6. The van der Waals surface area contributed by atoms with E-state index in [1.54, 1.807) is 61.5 Å². The fraction of sp³-hybridized carbons (Fsp3) is 0.167. The molecule has 0 spiro atoms. The standard InChI is InChI=1S/C24H21NO6S/c1-2-31-24(28)21(22(26)15-8-4-3-5-9-15)25-32(29,30)16-12-13-18-17-10-6-7-11-19(17)23(27)20(18)14-16/h3-14,21-22,25-26H,2H2,1H3/t21-,22+/m0/s1. The SMILES string of the molecule is CCOC(=O)[C@@H](NS(=O)(=O)c1ccc2c(c1)C(=O)c1ccccc1-2)[C@H](O)c1ccccc1. The van der Waals surface area contributed by atoms with E-state index in [9.17, 15) is 23.1 Å². The number of benzene rings is 3. The highest BCUT2D eigenvalue weighted by Crippen LogP contribution is 2.37. The number of carbonyl (C=O) groups is 2. The lowest BCUT2D eigenvalue weighted by Gasteiger charge is -2.23. The van der Waals surface area contributed by atoms with Crippen molar-refractivity contribution in [2.24, 2.45) is 0 Å². The minimum Gasteiger partial charge on any atom is -0.465 e. The summed E-state index contributed by atoms with van der Waals surface area (Å²) in [6, 6.07) is 17.9. The van der Waals surface area contributed by atoms with E-state index in [1.165, 1.54) is 12.1 Å². The molecule has 0 saturated heterocycles. The maximum atomic E-state index is 13.1. The third-order valence-electron chi connectivity index (χ3n) is 5.29. The highest BCUT2D eigenvalue weighted by atomic mass is 32.2. The number of aliphatic hydroxyl groups excluding tert-OH is 1. The summed E-state index contributed by atoms with van der Waals surface area (Å²) < 4.78 is 33.5. The van der Waals surface area contributed by atoms with Crippen molar-refractivity contribution in [3.63, 3.8) is 0 Å². The molecule has 0 unspecified atom stereocenters. The van der Waals surface area contributed by atoms with Crippen LogP contribution >= 0.6 is 0 Å². The molecule has 164 valence electrons. The summed E-state index contributed by atoms with van der Waals surface area (Å²) in [4.78, 5) is 25.1. The number of rotatable bonds is 7. The Morgan fingerprint density at radius 1 is 0.938 bits per heavy atom. The Kier molecular flexibility index (Phi) is 5.92. The second-order valence-corrected chi connectivity index (χ2v) is 9.00. The molecule has 1 aliphatic rings. The maximum Gasteiger partial charge on any atom is 0.327 e. The van der Waals surface area contributed by atoms with E-state index >= 15 is 0 Å².